The smallest absolute Gasteiger partial charge is 0.312 e. The maximum atomic E-state index is 10.3. The van der Waals surface area contributed by atoms with Crippen LogP contribution in [0.15, 0.2) is 0 Å². The fourth-order valence-corrected chi connectivity index (χ4v) is 3.36. The molecule has 31 heavy (non-hydrogen) atoms. The molecule has 10 nitrogen and oxygen atoms in total. The largest absolute Gasteiger partial charge is 0.424 e. The molecule has 0 aromatic rings. The molecular formula is C14H28Ac5BO10P. The van der Waals surface area contributed by atoms with Gasteiger partial charge >= 0.3 is 6.64 Å². The summed E-state index contributed by atoms with van der Waals surface area (Å²) in [6, 6.07) is 0. The van der Waals surface area contributed by atoms with Crippen LogP contribution in [0.3, 0.4) is 0 Å². The van der Waals surface area contributed by atoms with E-state index in [1.54, 1.807) is 6.82 Å². The monoisotopic (exact) mass is 1530 g/mol. The molecule has 0 amide bonds. The minimum atomic E-state index is -1.55. The first-order valence-electron chi connectivity index (χ1n) is 8.52. The van der Waals surface area contributed by atoms with E-state index >= 15 is 0 Å². The van der Waals surface area contributed by atoms with Crippen LogP contribution in [0, 0.1) is 220 Å². The van der Waals surface area contributed by atoms with Gasteiger partial charge in [-0.05, 0) is 6.92 Å². The molecule has 2 heterocycles. The van der Waals surface area contributed by atoms with Crippen LogP contribution in [0.4, 0.5) is 0 Å². The van der Waals surface area contributed by atoms with Crippen LogP contribution in [-0.4, -0.2) is 112 Å². The summed E-state index contributed by atoms with van der Waals surface area (Å²) in [6.45, 7) is 1.88. The average Bonchev–Trinajstić information content (AvgIpc) is 2.60. The van der Waals surface area contributed by atoms with E-state index in [1.807, 2.05) is 0 Å². The third-order valence-corrected chi connectivity index (χ3v) is 4.74. The summed E-state index contributed by atoms with van der Waals surface area (Å²) in [5.74, 6) is 0. The molecule has 0 saturated carbocycles. The second-order valence-corrected chi connectivity index (χ2v) is 7.60. The molecule has 5 radical (unpaired) electrons. The van der Waals surface area contributed by atoms with Crippen molar-refractivity contribution in [3.63, 3.8) is 0 Å². The summed E-state index contributed by atoms with van der Waals surface area (Å²) in [6.07, 6.45) is -12.0. The summed E-state index contributed by atoms with van der Waals surface area (Å²) >= 11 is 0. The van der Waals surface area contributed by atoms with E-state index in [4.69, 9.17) is 18.9 Å². The summed E-state index contributed by atoms with van der Waals surface area (Å²) in [5.41, 5.74) is 0. The first-order valence-corrected chi connectivity index (χ1v) is 9.19. The Labute approximate surface area is 364 Å². The molecule has 0 bridgehead atoms. The van der Waals surface area contributed by atoms with Gasteiger partial charge < -0.3 is 49.5 Å². The van der Waals surface area contributed by atoms with Crippen molar-refractivity contribution in [3.05, 3.63) is 0 Å². The average molecular weight is 1530 g/mol. The first-order chi connectivity index (χ1) is 12.2. The SMILES string of the molecule is CB(P)O[C@H]1C(CO)O[C@@H](O[C@H]2C(CO)O[C@@H](C)C(O)[C@H]2O)C(O)[C@H]1O.[Ac].[Ac].[Ac].[Ac].[Ac]. The molecule has 5 unspecified atom stereocenters. The van der Waals surface area contributed by atoms with Gasteiger partial charge in [0, 0.05) is 220 Å². The van der Waals surface area contributed by atoms with Gasteiger partial charge in [-0.15, -0.1) is 9.12 Å². The van der Waals surface area contributed by atoms with E-state index < -0.39 is 74.4 Å². The molecule has 6 N–H and O–H groups in total. The van der Waals surface area contributed by atoms with Crippen molar-refractivity contribution in [2.45, 2.75) is 75.0 Å². The molecule has 0 aromatic carbocycles. The van der Waals surface area contributed by atoms with Gasteiger partial charge in [-0.25, -0.2) is 0 Å². The molecule has 0 aromatic heterocycles. The molecule has 2 aliphatic heterocycles. The second kappa shape index (κ2) is 22.9. The Bertz CT molecular complexity index is 462. The van der Waals surface area contributed by atoms with Crippen LogP contribution >= 0.6 is 9.12 Å². The van der Waals surface area contributed by atoms with E-state index in [0.717, 1.165) is 0 Å². The van der Waals surface area contributed by atoms with Gasteiger partial charge in [-0.3, -0.25) is 0 Å². The normalized spacial score (nSPS) is 39.4. The number of aliphatic hydroxyl groups is 6. The van der Waals surface area contributed by atoms with Crippen molar-refractivity contribution in [3.8, 4) is 0 Å². The van der Waals surface area contributed by atoms with E-state index in [0.29, 0.717) is 0 Å². The van der Waals surface area contributed by atoms with Crippen LogP contribution in [-0.2, 0) is 18.9 Å². The Hall–Kier alpha value is 7.30. The Morgan fingerprint density at radius 1 is 0.774 bits per heavy atom. The van der Waals surface area contributed by atoms with E-state index in [1.165, 1.54) is 6.92 Å². The van der Waals surface area contributed by atoms with Gasteiger partial charge in [0.25, 0.3) is 0 Å². The number of hydrogen-bond donors (Lipinski definition) is 6. The standard InChI is InChI=1S/C14H28BO10P.5Ac/c1-5-8(18)9(19)12(6(3-16)22-5)24-14-11(21)10(20)13(25-15(2)26)7(4-17)23-14;;;;;/h5-14,16-21H,3-4,26H2,1-2H3;;;;;/t5-,6?,7?,8?,9+,10+,11?,12-,13-,14-;;;;;/m0...../s1. The van der Waals surface area contributed by atoms with Gasteiger partial charge in [0.2, 0.25) is 0 Å². The minimum absolute atomic E-state index is 0. The zero-order valence-electron chi connectivity index (χ0n) is 17.5. The molecule has 0 spiro atoms. The minimum Gasteiger partial charge on any atom is -0.424 e. The van der Waals surface area contributed by atoms with E-state index in [-0.39, 0.29) is 227 Å². The Balaban J connectivity index is -0.000000729. The zero-order chi connectivity index (χ0) is 19.6. The second-order valence-electron chi connectivity index (χ2n) is 6.66. The predicted octanol–water partition coefficient (Wildman–Crippen LogP) is -3.31. The van der Waals surface area contributed by atoms with Gasteiger partial charge in [-0.1, -0.05) is 6.82 Å². The fraction of sp³-hybridized carbons (Fsp3) is 1.00. The third kappa shape index (κ3) is 13.2. The maximum Gasteiger partial charge on any atom is 0.312 e. The fourth-order valence-electron chi connectivity index (χ4n) is 3.18. The molecule has 0 aliphatic carbocycles. The van der Waals surface area contributed by atoms with Crippen molar-refractivity contribution >= 4 is 15.8 Å². The van der Waals surface area contributed by atoms with E-state index in [2.05, 4.69) is 9.12 Å². The zero-order valence-corrected chi connectivity index (χ0v) is 42.4. The molecule has 11 atom stereocenters. The summed E-state index contributed by atoms with van der Waals surface area (Å²) in [4.78, 5) is 0. The van der Waals surface area contributed by atoms with Crippen molar-refractivity contribution in [2.24, 2.45) is 0 Å². The molecule has 167 valence electrons. The Morgan fingerprint density at radius 3 is 1.68 bits per heavy atom. The van der Waals surface area contributed by atoms with Crippen LogP contribution in [0.5, 0.6) is 0 Å². The van der Waals surface area contributed by atoms with Gasteiger partial charge in [-0.2, -0.15) is 0 Å². The Kier molecular flexibility index (Phi) is 33.5. The van der Waals surface area contributed by atoms with Gasteiger partial charge in [0.15, 0.2) is 6.29 Å². The Morgan fingerprint density at radius 2 is 1.23 bits per heavy atom. The maximum absolute atomic E-state index is 10.3. The number of aliphatic hydroxyl groups excluding tert-OH is 6. The summed E-state index contributed by atoms with van der Waals surface area (Å²) in [5, 5.41) is 59.8. The van der Waals surface area contributed by atoms with Crippen molar-refractivity contribution in [1.82, 2.24) is 0 Å². The molecule has 17 heteroatoms. The molecule has 2 aliphatic rings. The van der Waals surface area contributed by atoms with Crippen molar-refractivity contribution in [1.29, 1.82) is 0 Å². The summed E-state index contributed by atoms with van der Waals surface area (Å²) in [7, 11) is 2.37. The van der Waals surface area contributed by atoms with Crippen molar-refractivity contribution in [2.75, 3.05) is 13.2 Å². The molecule has 2 rings (SSSR count). The number of rotatable bonds is 6. The predicted molar refractivity (Wildman–Crippen MR) is 92.3 cm³/mol. The molecule has 2 saturated heterocycles. The number of ether oxygens (including phenoxy) is 3. The first kappa shape index (κ1) is 45.3. The van der Waals surface area contributed by atoms with Gasteiger partial charge in [0.1, 0.15) is 42.7 Å². The van der Waals surface area contributed by atoms with Crippen LogP contribution in [0.2, 0.25) is 6.82 Å². The molecule has 2 fully saturated rings. The van der Waals surface area contributed by atoms with E-state index in [9.17, 15) is 30.6 Å². The summed E-state index contributed by atoms with van der Waals surface area (Å²) < 4.78 is 21.9. The quantitative estimate of drug-likeness (QED) is 0.118. The van der Waals surface area contributed by atoms with Crippen LogP contribution < -0.4 is 0 Å². The topological polar surface area (TPSA) is 158 Å². The third-order valence-electron chi connectivity index (χ3n) is 4.59. The van der Waals surface area contributed by atoms with Gasteiger partial charge in [0.05, 0.1) is 25.4 Å². The van der Waals surface area contributed by atoms with Crippen molar-refractivity contribution < 1.29 is 270 Å². The van der Waals surface area contributed by atoms with Crippen LogP contribution in [0.1, 0.15) is 6.92 Å². The number of hydrogen-bond acceptors (Lipinski definition) is 10. The van der Waals surface area contributed by atoms with Crippen LogP contribution in [0.25, 0.3) is 0 Å². The molecular weight excluding hydrogens is 1500 g/mol.